The molecule has 8 nitrogen and oxygen atoms in total. The third-order valence-electron chi connectivity index (χ3n) is 4.36. The van der Waals surface area contributed by atoms with Crippen molar-refractivity contribution in [2.75, 3.05) is 11.9 Å². The molecule has 128 valence electrons. The fourth-order valence-electron chi connectivity index (χ4n) is 3.03. The van der Waals surface area contributed by atoms with Crippen molar-refractivity contribution < 1.29 is 9.53 Å². The molecule has 2 aromatic heterocycles. The largest absolute Gasteiger partial charge is 0.370 e. The Morgan fingerprint density at radius 3 is 3.04 bits per heavy atom. The van der Waals surface area contributed by atoms with Crippen LogP contribution >= 0.6 is 0 Å². The van der Waals surface area contributed by atoms with Crippen LogP contribution in [0.4, 0.5) is 5.95 Å². The molecule has 1 saturated heterocycles. The first-order valence-corrected chi connectivity index (χ1v) is 8.07. The smallest absolute Gasteiger partial charge is 0.258 e. The van der Waals surface area contributed by atoms with Crippen LogP contribution in [0.15, 0.2) is 35.1 Å². The predicted molar refractivity (Wildman–Crippen MR) is 91.5 cm³/mol. The number of aryl methyl sites for hydroxylation is 1. The average molecular weight is 339 g/mol. The van der Waals surface area contributed by atoms with Crippen molar-refractivity contribution in [2.45, 2.75) is 18.9 Å². The number of aromatic amines is 1. The second kappa shape index (κ2) is 6.14. The Kier molecular flexibility index (Phi) is 3.81. The van der Waals surface area contributed by atoms with Crippen molar-refractivity contribution >= 4 is 22.8 Å². The zero-order chi connectivity index (χ0) is 17.4. The lowest BCUT2D eigenvalue weighted by molar-refractivity contribution is 0.102. The number of carbonyl (C=O) groups excluding carboxylic acids is 1. The van der Waals surface area contributed by atoms with Gasteiger partial charge in [0.2, 0.25) is 5.95 Å². The summed E-state index contributed by atoms with van der Waals surface area (Å²) in [5.74, 6) is 0.341. The van der Waals surface area contributed by atoms with E-state index in [4.69, 9.17) is 4.74 Å². The molecule has 25 heavy (non-hydrogen) atoms. The summed E-state index contributed by atoms with van der Waals surface area (Å²) < 4.78 is 7.05. The van der Waals surface area contributed by atoms with Gasteiger partial charge in [-0.2, -0.15) is 4.98 Å². The Bertz CT molecular complexity index is 1000. The van der Waals surface area contributed by atoms with E-state index in [9.17, 15) is 9.59 Å². The SMILES string of the molecule is Cn1c(=O)cc(C(=O)Nc2n[nH]c([C@H]3CCCO3)n2)c2ccccc21. The fraction of sp³-hybridized carbons (Fsp3) is 0.294. The third kappa shape index (κ3) is 2.80. The van der Waals surface area contributed by atoms with Gasteiger partial charge in [-0.05, 0) is 18.9 Å². The zero-order valence-electron chi connectivity index (χ0n) is 13.7. The van der Waals surface area contributed by atoms with Gasteiger partial charge in [0.05, 0.1) is 11.1 Å². The highest BCUT2D eigenvalue weighted by atomic mass is 16.5. The number of rotatable bonds is 3. The van der Waals surface area contributed by atoms with Crippen LogP contribution in [0, 0.1) is 0 Å². The van der Waals surface area contributed by atoms with E-state index in [1.807, 2.05) is 12.1 Å². The molecule has 3 aromatic rings. The Morgan fingerprint density at radius 1 is 1.40 bits per heavy atom. The van der Waals surface area contributed by atoms with Gasteiger partial charge in [0, 0.05) is 25.1 Å². The molecule has 2 N–H and O–H groups in total. The molecule has 0 bridgehead atoms. The van der Waals surface area contributed by atoms with E-state index in [0.29, 0.717) is 28.9 Å². The normalized spacial score (nSPS) is 17.1. The zero-order valence-corrected chi connectivity index (χ0v) is 13.7. The lowest BCUT2D eigenvalue weighted by Gasteiger charge is -2.09. The van der Waals surface area contributed by atoms with Crippen LogP contribution in [0.25, 0.3) is 10.9 Å². The van der Waals surface area contributed by atoms with Gasteiger partial charge < -0.3 is 9.30 Å². The van der Waals surface area contributed by atoms with E-state index in [1.54, 1.807) is 19.2 Å². The number of aromatic nitrogens is 4. The number of pyridine rings is 1. The Labute approximate surface area is 142 Å². The van der Waals surface area contributed by atoms with Crippen LogP contribution in [-0.4, -0.2) is 32.3 Å². The molecule has 0 spiro atoms. The minimum absolute atomic E-state index is 0.108. The number of carbonyl (C=O) groups is 1. The number of benzene rings is 1. The number of fused-ring (bicyclic) bond motifs is 1. The molecular formula is C17H17N5O3. The molecule has 1 atom stereocenters. The van der Waals surface area contributed by atoms with E-state index in [0.717, 1.165) is 12.8 Å². The number of nitrogens with zero attached hydrogens (tertiary/aromatic N) is 3. The maximum absolute atomic E-state index is 12.6. The maximum atomic E-state index is 12.6. The van der Waals surface area contributed by atoms with Crippen LogP contribution in [0.5, 0.6) is 0 Å². The highest BCUT2D eigenvalue weighted by Crippen LogP contribution is 2.26. The predicted octanol–water partition coefficient (Wildman–Crippen LogP) is 1.76. The molecule has 0 saturated carbocycles. The first kappa shape index (κ1) is 15.5. The summed E-state index contributed by atoms with van der Waals surface area (Å²) in [5, 5.41) is 10.1. The van der Waals surface area contributed by atoms with E-state index in [-0.39, 0.29) is 17.6 Å². The monoisotopic (exact) mass is 339 g/mol. The molecule has 3 heterocycles. The van der Waals surface area contributed by atoms with Crippen molar-refractivity contribution in [1.29, 1.82) is 0 Å². The molecule has 1 aliphatic heterocycles. The van der Waals surface area contributed by atoms with Gasteiger partial charge in [0.1, 0.15) is 6.10 Å². The van der Waals surface area contributed by atoms with Crippen LogP contribution in [0.3, 0.4) is 0 Å². The molecule has 1 aromatic carbocycles. The van der Waals surface area contributed by atoms with Crippen molar-refractivity contribution in [3.8, 4) is 0 Å². The number of hydrogen-bond acceptors (Lipinski definition) is 5. The highest BCUT2D eigenvalue weighted by molar-refractivity contribution is 6.11. The van der Waals surface area contributed by atoms with Gasteiger partial charge >= 0.3 is 0 Å². The summed E-state index contributed by atoms with van der Waals surface area (Å²) in [6, 6.07) is 8.58. The lowest BCUT2D eigenvalue weighted by Crippen LogP contribution is -2.22. The van der Waals surface area contributed by atoms with Gasteiger partial charge in [0.25, 0.3) is 11.5 Å². The quantitative estimate of drug-likeness (QED) is 0.757. The summed E-state index contributed by atoms with van der Waals surface area (Å²) in [6.45, 7) is 0.701. The van der Waals surface area contributed by atoms with Crippen LogP contribution in [-0.2, 0) is 11.8 Å². The molecule has 0 aliphatic carbocycles. The van der Waals surface area contributed by atoms with Crippen LogP contribution in [0.1, 0.15) is 35.1 Å². The molecular weight excluding hydrogens is 322 g/mol. The van der Waals surface area contributed by atoms with Crippen molar-refractivity contribution in [2.24, 2.45) is 7.05 Å². The molecule has 8 heteroatoms. The van der Waals surface area contributed by atoms with Crippen molar-refractivity contribution in [1.82, 2.24) is 19.7 Å². The second-order valence-corrected chi connectivity index (χ2v) is 5.97. The average Bonchev–Trinajstić information content (AvgIpc) is 3.29. The second-order valence-electron chi connectivity index (χ2n) is 5.97. The molecule has 1 aliphatic rings. The van der Waals surface area contributed by atoms with Gasteiger partial charge in [-0.25, -0.2) is 0 Å². The van der Waals surface area contributed by atoms with Gasteiger partial charge in [-0.1, -0.05) is 18.2 Å². The first-order chi connectivity index (χ1) is 12.1. The number of hydrogen-bond donors (Lipinski definition) is 2. The standard InChI is InChI=1S/C17H17N5O3/c1-22-12-6-3-2-5-10(12)11(9-14(22)23)16(24)19-17-18-15(20-21-17)13-7-4-8-25-13/h2-3,5-6,9,13H,4,7-8H2,1H3,(H2,18,19,20,21,24)/t13-/m1/s1. The van der Waals surface area contributed by atoms with E-state index in [1.165, 1.54) is 10.6 Å². The Balaban J connectivity index is 1.64. The summed E-state index contributed by atoms with van der Waals surface area (Å²) >= 11 is 0. The number of nitrogens with one attached hydrogen (secondary N) is 2. The van der Waals surface area contributed by atoms with Crippen molar-refractivity contribution in [3.63, 3.8) is 0 Å². The minimum Gasteiger partial charge on any atom is -0.370 e. The van der Waals surface area contributed by atoms with Crippen molar-refractivity contribution in [3.05, 3.63) is 52.1 Å². The molecule has 4 rings (SSSR count). The number of para-hydroxylation sites is 1. The lowest BCUT2D eigenvalue weighted by atomic mass is 10.1. The minimum atomic E-state index is -0.424. The van der Waals surface area contributed by atoms with Gasteiger partial charge in [-0.3, -0.25) is 20.0 Å². The molecule has 0 radical (unpaired) electrons. The Hall–Kier alpha value is -3.00. The van der Waals surface area contributed by atoms with E-state index in [2.05, 4.69) is 20.5 Å². The number of ether oxygens (including phenoxy) is 1. The third-order valence-corrected chi connectivity index (χ3v) is 4.36. The number of anilines is 1. The molecule has 1 amide bonds. The summed E-state index contributed by atoms with van der Waals surface area (Å²) in [4.78, 5) is 29.0. The molecule has 0 unspecified atom stereocenters. The summed E-state index contributed by atoms with van der Waals surface area (Å²) in [7, 11) is 1.68. The molecule has 1 fully saturated rings. The van der Waals surface area contributed by atoms with E-state index >= 15 is 0 Å². The van der Waals surface area contributed by atoms with Gasteiger partial charge in [0.15, 0.2) is 5.82 Å². The maximum Gasteiger partial charge on any atom is 0.258 e. The highest BCUT2D eigenvalue weighted by Gasteiger charge is 2.22. The van der Waals surface area contributed by atoms with E-state index < -0.39 is 5.91 Å². The Morgan fingerprint density at radius 2 is 2.24 bits per heavy atom. The number of H-pyrrole nitrogens is 1. The topological polar surface area (TPSA) is 102 Å². The summed E-state index contributed by atoms with van der Waals surface area (Å²) in [6.07, 6.45) is 1.75. The number of amides is 1. The van der Waals surface area contributed by atoms with Crippen LogP contribution in [0.2, 0.25) is 0 Å². The first-order valence-electron chi connectivity index (χ1n) is 8.07. The van der Waals surface area contributed by atoms with Gasteiger partial charge in [-0.15, -0.1) is 5.10 Å². The van der Waals surface area contributed by atoms with Crippen LogP contribution < -0.4 is 10.9 Å². The fourth-order valence-corrected chi connectivity index (χ4v) is 3.03. The summed E-state index contributed by atoms with van der Waals surface area (Å²) in [5.41, 5.74) is 0.733.